The predicted octanol–water partition coefficient (Wildman–Crippen LogP) is 5.96. The van der Waals surface area contributed by atoms with Crippen LogP contribution in [0.5, 0.6) is 0 Å². The van der Waals surface area contributed by atoms with Gasteiger partial charge >= 0.3 is 3.41 Å². The van der Waals surface area contributed by atoms with Gasteiger partial charge in [-0.25, -0.2) is 39.4 Å². The second kappa shape index (κ2) is 26.2. The standard InChI is InChI=1S/C31H58N6O6S3/c1-2-24-31(44(38,39)35-28-21-15-9-3-6-12-18-25-32,45(40,41)36-29-22-16-10-4-7-13-19-26-33)46(42,43)37-30-23-17-11-5-8-14-20-27-34/h35-37H,2-24,28-30H2,1H3. The Bertz CT molecular complexity index is 1100. The third kappa shape index (κ3) is 16.9. The van der Waals surface area contributed by atoms with Gasteiger partial charge in [-0.3, -0.25) is 0 Å². The molecule has 0 bridgehead atoms. The molecule has 0 fully saturated rings. The Morgan fingerprint density at radius 2 is 0.674 bits per heavy atom. The minimum atomic E-state index is -4.93. The molecular weight excluding hydrogens is 649 g/mol. The number of hydrogen-bond donors (Lipinski definition) is 3. The molecule has 12 nitrogen and oxygen atoms in total. The SMILES string of the molecule is CCCC(S(=O)(=O)NCCCCCCCCC#N)(S(=O)(=O)NCCCCCCCCC#N)S(=O)(=O)NCCCCCCCCC#N. The lowest BCUT2D eigenvalue weighted by atomic mass is 10.1. The smallest absolute Gasteiger partial charge is 0.213 e. The van der Waals surface area contributed by atoms with Crippen LogP contribution in [0.2, 0.25) is 0 Å². The summed E-state index contributed by atoms with van der Waals surface area (Å²) in [5, 5.41) is 25.9. The zero-order chi connectivity index (χ0) is 34.6. The number of unbranched alkanes of at least 4 members (excludes halogenated alkanes) is 18. The Morgan fingerprint density at radius 1 is 0.435 bits per heavy atom. The van der Waals surface area contributed by atoms with Crippen molar-refractivity contribution in [1.82, 2.24) is 14.2 Å². The van der Waals surface area contributed by atoms with Crippen molar-refractivity contribution in [3.8, 4) is 18.2 Å². The van der Waals surface area contributed by atoms with Crippen LogP contribution in [0.15, 0.2) is 0 Å². The van der Waals surface area contributed by atoms with E-state index in [2.05, 4.69) is 32.4 Å². The van der Waals surface area contributed by atoms with Crippen molar-refractivity contribution < 1.29 is 25.3 Å². The Balaban J connectivity index is 5.62. The average molecular weight is 707 g/mol. The molecule has 0 unspecified atom stereocenters. The maximum absolute atomic E-state index is 13.8. The molecule has 0 heterocycles. The number of nitrogens with one attached hydrogen (secondary N) is 3. The first-order chi connectivity index (χ1) is 22.0. The van der Waals surface area contributed by atoms with Gasteiger partial charge in [0.25, 0.3) is 0 Å². The Labute approximate surface area is 280 Å². The summed E-state index contributed by atoms with van der Waals surface area (Å²) in [6.45, 7) is 1.29. The van der Waals surface area contributed by atoms with E-state index < -0.39 is 39.9 Å². The van der Waals surface area contributed by atoms with Crippen molar-refractivity contribution in [2.45, 2.75) is 158 Å². The van der Waals surface area contributed by atoms with Crippen molar-refractivity contribution in [1.29, 1.82) is 15.8 Å². The van der Waals surface area contributed by atoms with Gasteiger partial charge in [-0.15, -0.1) is 0 Å². The molecule has 3 N–H and O–H groups in total. The zero-order valence-corrected chi connectivity index (χ0v) is 30.4. The molecule has 0 saturated carbocycles. The third-order valence-corrected chi connectivity index (χ3v) is 16.6. The highest BCUT2D eigenvalue weighted by molar-refractivity contribution is 8.24. The maximum Gasteiger partial charge on any atom is 0.313 e. The van der Waals surface area contributed by atoms with Crippen molar-refractivity contribution >= 4 is 30.1 Å². The van der Waals surface area contributed by atoms with E-state index in [1.807, 2.05) is 0 Å². The van der Waals surface area contributed by atoms with Gasteiger partial charge in [-0.1, -0.05) is 90.4 Å². The molecule has 0 aromatic rings. The highest BCUT2D eigenvalue weighted by atomic mass is 32.3. The normalized spacial score (nSPS) is 12.4. The molecule has 266 valence electrons. The molecule has 0 aromatic carbocycles. The van der Waals surface area contributed by atoms with Crippen LogP contribution < -0.4 is 14.2 Å². The molecule has 15 heteroatoms. The molecule has 0 spiro atoms. The van der Waals surface area contributed by atoms with Gasteiger partial charge in [0.2, 0.25) is 30.1 Å². The topological polar surface area (TPSA) is 210 Å². The van der Waals surface area contributed by atoms with Gasteiger partial charge in [-0.05, 0) is 44.9 Å². The highest BCUT2D eigenvalue weighted by Gasteiger charge is 2.64. The lowest BCUT2D eigenvalue weighted by molar-refractivity contribution is 0.513. The molecular formula is C31H58N6O6S3. The summed E-state index contributed by atoms with van der Waals surface area (Å²) >= 11 is 0. The molecule has 0 aliphatic carbocycles. The third-order valence-electron chi connectivity index (χ3n) is 7.81. The van der Waals surface area contributed by atoms with E-state index in [0.717, 1.165) is 77.0 Å². The van der Waals surface area contributed by atoms with Crippen LogP contribution in [0.3, 0.4) is 0 Å². The fraction of sp³-hybridized carbons (Fsp3) is 0.903. The molecule has 0 radical (unpaired) electrons. The van der Waals surface area contributed by atoms with Gasteiger partial charge in [0.05, 0.1) is 18.2 Å². The van der Waals surface area contributed by atoms with Crippen LogP contribution in [0.1, 0.15) is 155 Å². The van der Waals surface area contributed by atoms with E-state index in [4.69, 9.17) is 15.8 Å². The van der Waals surface area contributed by atoms with Gasteiger partial charge in [0, 0.05) is 38.9 Å². The van der Waals surface area contributed by atoms with Crippen molar-refractivity contribution in [3.05, 3.63) is 0 Å². The first-order valence-corrected chi connectivity index (χ1v) is 21.5. The molecule has 0 rings (SSSR count). The van der Waals surface area contributed by atoms with Crippen molar-refractivity contribution in [3.63, 3.8) is 0 Å². The van der Waals surface area contributed by atoms with E-state index in [9.17, 15) is 25.3 Å². The second-order valence-electron chi connectivity index (χ2n) is 11.7. The van der Waals surface area contributed by atoms with Crippen LogP contribution in [0, 0.1) is 34.0 Å². The summed E-state index contributed by atoms with van der Waals surface area (Å²) in [6.07, 6.45) is 14.4. The minimum absolute atomic E-state index is 0.00315. The van der Waals surface area contributed by atoms with Gasteiger partial charge in [0.1, 0.15) is 0 Å². The molecule has 0 amide bonds. The molecule has 0 aromatic heterocycles. The second-order valence-corrected chi connectivity index (χ2v) is 18.5. The predicted molar refractivity (Wildman–Crippen MR) is 182 cm³/mol. The lowest BCUT2D eigenvalue weighted by Gasteiger charge is -2.32. The summed E-state index contributed by atoms with van der Waals surface area (Å²) in [7, 11) is -14.8. The lowest BCUT2D eigenvalue weighted by Crippen LogP contribution is -2.63. The fourth-order valence-electron chi connectivity index (χ4n) is 5.20. The van der Waals surface area contributed by atoms with E-state index in [1.54, 1.807) is 6.92 Å². The fourth-order valence-corrected chi connectivity index (χ4v) is 13.0. The van der Waals surface area contributed by atoms with Crippen LogP contribution in [-0.4, -0.2) is 48.3 Å². The van der Waals surface area contributed by atoms with Gasteiger partial charge in [0.15, 0.2) is 0 Å². The molecule has 0 aliphatic rings. The number of nitrogens with zero attached hydrogens (tertiary/aromatic N) is 3. The first-order valence-electron chi connectivity index (χ1n) is 17.1. The summed E-state index contributed by atoms with van der Waals surface area (Å²) in [4.78, 5) is 0. The van der Waals surface area contributed by atoms with Crippen molar-refractivity contribution in [2.24, 2.45) is 0 Å². The number of hydrogen-bond acceptors (Lipinski definition) is 9. The maximum atomic E-state index is 13.8. The van der Waals surface area contributed by atoms with E-state index >= 15 is 0 Å². The quantitative estimate of drug-likeness (QED) is 0.0704. The minimum Gasteiger partial charge on any atom is -0.213 e. The Hall–Kier alpha value is -1.80. The van der Waals surface area contributed by atoms with E-state index in [1.165, 1.54) is 0 Å². The van der Waals surface area contributed by atoms with Gasteiger partial charge in [-0.2, -0.15) is 15.8 Å². The zero-order valence-electron chi connectivity index (χ0n) is 27.9. The van der Waals surface area contributed by atoms with Crippen LogP contribution in [-0.2, 0) is 30.1 Å². The average Bonchev–Trinajstić information content (AvgIpc) is 3.00. The summed E-state index contributed by atoms with van der Waals surface area (Å²) < 4.78 is 86.9. The Kier molecular flexibility index (Phi) is 25.2. The van der Waals surface area contributed by atoms with Crippen LogP contribution in [0.25, 0.3) is 0 Å². The van der Waals surface area contributed by atoms with E-state index in [-0.39, 0.29) is 26.1 Å². The number of sulfonamides is 3. The highest BCUT2D eigenvalue weighted by Crippen LogP contribution is 2.35. The molecule has 0 saturated heterocycles. The number of nitriles is 3. The molecule has 0 aliphatic heterocycles. The molecule has 46 heavy (non-hydrogen) atoms. The molecule has 0 atom stereocenters. The summed E-state index contributed by atoms with van der Waals surface area (Å²) in [5.74, 6) is 0. The van der Waals surface area contributed by atoms with Crippen LogP contribution >= 0.6 is 0 Å². The monoisotopic (exact) mass is 706 g/mol. The Morgan fingerprint density at radius 3 is 0.913 bits per heavy atom. The van der Waals surface area contributed by atoms with Crippen LogP contribution in [0.4, 0.5) is 0 Å². The summed E-state index contributed by atoms with van der Waals surface area (Å²) in [5.41, 5.74) is 0. The number of rotatable bonds is 32. The van der Waals surface area contributed by atoms with Gasteiger partial charge < -0.3 is 0 Å². The largest absolute Gasteiger partial charge is 0.313 e. The van der Waals surface area contributed by atoms with E-state index in [0.29, 0.717) is 57.8 Å². The summed E-state index contributed by atoms with van der Waals surface area (Å²) in [6, 6.07) is 6.30. The first kappa shape index (κ1) is 44.2. The van der Waals surface area contributed by atoms with Crippen molar-refractivity contribution in [2.75, 3.05) is 19.6 Å².